The third kappa shape index (κ3) is 10.2. The zero-order valence-corrected chi connectivity index (χ0v) is 9.83. The maximum absolute atomic E-state index is 10.8. The van der Waals surface area contributed by atoms with Crippen molar-refractivity contribution < 1.29 is 13.5 Å². The quantitative estimate of drug-likeness (QED) is 0.656. The fourth-order valence-electron chi connectivity index (χ4n) is 0.871. The van der Waals surface area contributed by atoms with Gasteiger partial charge in [-0.2, -0.15) is 11.8 Å². The molecule has 13 heavy (non-hydrogen) atoms. The summed E-state index contributed by atoms with van der Waals surface area (Å²) in [7, 11) is -2.80. The lowest BCUT2D eigenvalue weighted by Gasteiger charge is -2.08. The molecule has 3 nitrogen and oxygen atoms in total. The minimum atomic E-state index is -2.80. The average Bonchev–Trinajstić information content (AvgIpc) is 1.97. The smallest absolute Gasteiger partial charge is 0.147 e. The van der Waals surface area contributed by atoms with Crippen LogP contribution in [0.15, 0.2) is 0 Å². The average molecular weight is 226 g/mol. The van der Waals surface area contributed by atoms with E-state index in [-0.39, 0.29) is 12.4 Å². The summed E-state index contributed by atoms with van der Waals surface area (Å²) in [6.45, 7) is 2.25. The minimum Gasteiger partial charge on any atom is -0.396 e. The molecule has 80 valence electrons. The fourth-order valence-corrected chi connectivity index (χ4v) is 2.71. The highest BCUT2D eigenvalue weighted by molar-refractivity contribution is 7.99. The molecule has 0 saturated carbocycles. The van der Waals surface area contributed by atoms with E-state index in [2.05, 4.69) is 0 Å². The van der Waals surface area contributed by atoms with E-state index < -0.39 is 9.84 Å². The van der Waals surface area contributed by atoms with Gasteiger partial charge in [0.05, 0.1) is 5.75 Å². The first-order valence-electron chi connectivity index (χ1n) is 4.36. The van der Waals surface area contributed by atoms with Crippen molar-refractivity contribution in [1.29, 1.82) is 0 Å². The summed E-state index contributed by atoms with van der Waals surface area (Å²) in [5, 5.41) is 9.03. The number of sulfone groups is 1. The van der Waals surface area contributed by atoms with E-state index >= 15 is 0 Å². The predicted molar refractivity (Wildman–Crippen MR) is 58.0 cm³/mol. The van der Waals surface area contributed by atoms with E-state index in [0.717, 1.165) is 12.2 Å². The molecule has 0 saturated heterocycles. The van der Waals surface area contributed by atoms with Gasteiger partial charge >= 0.3 is 0 Å². The molecule has 5 heteroatoms. The van der Waals surface area contributed by atoms with Crippen LogP contribution in [0.1, 0.15) is 19.8 Å². The summed E-state index contributed by atoms with van der Waals surface area (Å²) in [5.41, 5.74) is 0. The van der Waals surface area contributed by atoms with Gasteiger partial charge in [0.25, 0.3) is 0 Å². The van der Waals surface area contributed by atoms with Gasteiger partial charge in [-0.1, -0.05) is 6.92 Å². The molecule has 1 unspecified atom stereocenters. The van der Waals surface area contributed by atoms with Gasteiger partial charge in [0.2, 0.25) is 0 Å². The van der Waals surface area contributed by atoms with Crippen LogP contribution in [0.5, 0.6) is 0 Å². The Morgan fingerprint density at radius 2 is 2.08 bits per heavy atom. The number of rotatable bonds is 7. The zero-order chi connectivity index (χ0) is 10.3. The Hall–Kier alpha value is 0.260. The molecule has 0 aliphatic carbocycles. The molecule has 0 fully saturated rings. The zero-order valence-electron chi connectivity index (χ0n) is 8.19. The molecular formula is C8H18O3S2. The van der Waals surface area contributed by atoms with Crippen molar-refractivity contribution in [3.05, 3.63) is 0 Å². The van der Waals surface area contributed by atoms with E-state index in [9.17, 15) is 8.42 Å². The van der Waals surface area contributed by atoms with Crippen molar-refractivity contribution in [3.63, 3.8) is 0 Å². The Morgan fingerprint density at radius 1 is 1.46 bits per heavy atom. The summed E-state index contributed by atoms with van der Waals surface area (Å²) < 4.78 is 21.5. The van der Waals surface area contributed by atoms with Gasteiger partial charge in [-0.05, 0) is 18.6 Å². The molecule has 0 radical (unpaired) electrons. The second-order valence-corrected chi connectivity index (χ2v) is 6.98. The second-order valence-electron chi connectivity index (χ2n) is 3.18. The maximum Gasteiger partial charge on any atom is 0.147 e. The first kappa shape index (κ1) is 13.3. The SMILES string of the molecule is CC(CCO)SCCCS(C)(=O)=O. The lowest BCUT2D eigenvalue weighted by atomic mass is 10.3. The first-order valence-corrected chi connectivity index (χ1v) is 7.47. The molecular weight excluding hydrogens is 208 g/mol. The fraction of sp³-hybridized carbons (Fsp3) is 1.00. The number of aliphatic hydroxyl groups is 1. The number of hydrogen-bond donors (Lipinski definition) is 1. The van der Waals surface area contributed by atoms with E-state index in [1.807, 2.05) is 6.92 Å². The van der Waals surface area contributed by atoms with Gasteiger partial charge in [-0.25, -0.2) is 8.42 Å². The van der Waals surface area contributed by atoms with Crippen molar-refractivity contribution in [2.75, 3.05) is 24.4 Å². The summed E-state index contributed by atoms with van der Waals surface area (Å²) in [6.07, 6.45) is 2.75. The lowest BCUT2D eigenvalue weighted by molar-refractivity contribution is 0.289. The van der Waals surface area contributed by atoms with E-state index in [4.69, 9.17) is 5.11 Å². The van der Waals surface area contributed by atoms with Crippen molar-refractivity contribution in [2.24, 2.45) is 0 Å². The third-order valence-corrected chi connectivity index (χ3v) is 3.96. The van der Waals surface area contributed by atoms with Crippen LogP contribution in [0.4, 0.5) is 0 Å². The molecule has 0 rings (SSSR count). The Bertz CT molecular complexity index is 211. The van der Waals surface area contributed by atoms with Crippen LogP contribution >= 0.6 is 11.8 Å². The lowest BCUT2D eigenvalue weighted by Crippen LogP contribution is -2.06. The van der Waals surface area contributed by atoms with Gasteiger partial charge in [-0.3, -0.25) is 0 Å². The van der Waals surface area contributed by atoms with Crippen LogP contribution in [0, 0.1) is 0 Å². The Balaban J connectivity index is 3.36. The van der Waals surface area contributed by atoms with E-state index in [0.29, 0.717) is 11.7 Å². The summed E-state index contributed by atoms with van der Waals surface area (Å²) >= 11 is 1.72. The summed E-state index contributed by atoms with van der Waals surface area (Å²) in [6, 6.07) is 0. The first-order chi connectivity index (χ1) is 5.95. The number of thioether (sulfide) groups is 1. The van der Waals surface area contributed by atoms with E-state index in [1.54, 1.807) is 11.8 Å². The van der Waals surface area contributed by atoms with Gasteiger partial charge in [0, 0.05) is 18.1 Å². The molecule has 0 aromatic rings. The highest BCUT2D eigenvalue weighted by Gasteiger charge is 2.04. The molecule has 0 spiro atoms. The van der Waals surface area contributed by atoms with Crippen LogP contribution < -0.4 is 0 Å². The molecule has 0 aromatic carbocycles. The van der Waals surface area contributed by atoms with Crippen molar-refractivity contribution >= 4 is 21.6 Å². The summed E-state index contributed by atoms with van der Waals surface area (Å²) in [5.74, 6) is 1.13. The second kappa shape index (κ2) is 6.68. The largest absolute Gasteiger partial charge is 0.396 e. The van der Waals surface area contributed by atoms with Gasteiger partial charge < -0.3 is 5.11 Å². The molecule has 0 bridgehead atoms. The molecule has 0 aromatic heterocycles. The van der Waals surface area contributed by atoms with Crippen LogP contribution in [0.25, 0.3) is 0 Å². The molecule has 0 aliphatic heterocycles. The van der Waals surface area contributed by atoms with Gasteiger partial charge in [0.15, 0.2) is 0 Å². The molecule has 0 amide bonds. The monoisotopic (exact) mass is 226 g/mol. The van der Waals surface area contributed by atoms with Gasteiger partial charge in [-0.15, -0.1) is 0 Å². The molecule has 0 aliphatic rings. The summed E-state index contributed by atoms with van der Waals surface area (Å²) in [4.78, 5) is 0. The molecule has 1 atom stereocenters. The van der Waals surface area contributed by atoms with E-state index in [1.165, 1.54) is 6.26 Å². The van der Waals surface area contributed by atoms with Gasteiger partial charge in [0.1, 0.15) is 9.84 Å². The van der Waals surface area contributed by atoms with Crippen molar-refractivity contribution in [3.8, 4) is 0 Å². The Morgan fingerprint density at radius 3 is 2.54 bits per heavy atom. The highest BCUT2D eigenvalue weighted by atomic mass is 32.2. The topological polar surface area (TPSA) is 54.4 Å². The number of hydrogen-bond acceptors (Lipinski definition) is 4. The van der Waals surface area contributed by atoms with Crippen LogP contribution in [-0.4, -0.2) is 43.1 Å². The van der Waals surface area contributed by atoms with Crippen molar-refractivity contribution in [2.45, 2.75) is 25.0 Å². The number of aliphatic hydroxyl groups excluding tert-OH is 1. The van der Waals surface area contributed by atoms with Crippen LogP contribution in [0.2, 0.25) is 0 Å². The van der Waals surface area contributed by atoms with Crippen molar-refractivity contribution in [1.82, 2.24) is 0 Å². The Labute approximate surface area is 84.8 Å². The highest BCUT2D eigenvalue weighted by Crippen LogP contribution is 2.14. The third-order valence-electron chi connectivity index (χ3n) is 1.60. The Kier molecular flexibility index (Phi) is 6.81. The molecule has 0 heterocycles. The minimum absolute atomic E-state index is 0.209. The van der Waals surface area contributed by atoms with Crippen LogP contribution in [0.3, 0.4) is 0 Å². The standard InChI is InChI=1S/C8H18O3S2/c1-8(4-5-9)12-6-3-7-13(2,10)11/h8-9H,3-7H2,1-2H3. The maximum atomic E-state index is 10.8. The predicted octanol–water partition coefficient (Wildman–Crippen LogP) is 0.925. The van der Waals surface area contributed by atoms with Crippen LogP contribution in [-0.2, 0) is 9.84 Å². The normalized spacial score (nSPS) is 14.4. The molecule has 1 N–H and O–H groups in total.